The largest absolute Gasteiger partial charge is 0.472 e. The van der Waals surface area contributed by atoms with E-state index in [2.05, 4.69) is 166 Å². The van der Waals surface area contributed by atoms with Crippen LogP contribution in [-0.4, -0.2) is 49.3 Å². The molecule has 0 aliphatic heterocycles. The molecule has 0 fully saturated rings. The summed E-state index contributed by atoms with van der Waals surface area (Å²) in [6.07, 6.45) is 101. The van der Waals surface area contributed by atoms with Gasteiger partial charge in [-0.25, -0.2) is 4.57 Å². The minimum atomic E-state index is -4.42. The SMILES string of the molecule is CC/C=C\C/C=C\C/C=C\C/C=C\C/C=C\C/C=C\C/C=C\C/C=C\C/C=C\CCCC(=O)OC(COC(=O)CCCCCCCCCCCCCCCCCCCCCCCC/C=C\C/C=C\C/C=C\C/C=C\CC)COP(=O)(O)OCCN. The second kappa shape index (κ2) is 68.7. The van der Waals surface area contributed by atoms with Crippen LogP contribution in [0.1, 0.15) is 271 Å². The molecule has 3 N–H and O–H groups in total. The Bertz CT molecular complexity index is 1950. The molecule has 0 spiro atoms. The van der Waals surface area contributed by atoms with Crippen LogP contribution in [0.4, 0.5) is 0 Å². The Morgan fingerprint density at radius 2 is 0.624 bits per heavy atom. The minimum Gasteiger partial charge on any atom is -0.462 e. The minimum absolute atomic E-state index is 0.0372. The Kier molecular flexibility index (Phi) is 65.2. The van der Waals surface area contributed by atoms with Crippen LogP contribution in [0.2, 0.25) is 0 Å². The molecule has 0 aromatic heterocycles. The van der Waals surface area contributed by atoms with Gasteiger partial charge in [-0.05, 0) is 116 Å². The summed E-state index contributed by atoms with van der Waals surface area (Å²) in [5.74, 6) is -0.900. The molecular formula is C75H124NO8P. The molecule has 10 heteroatoms. The van der Waals surface area contributed by atoms with Gasteiger partial charge in [-0.1, -0.05) is 300 Å². The van der Waals surface area contributed by atoms with Gasteiger partial charge in [0.2, 0.25) is 0 Å². The standard InChI is InChI=1S/C75H124NO8P/c1-3-5-7-9-11-13-15-17-19-21-23-25-27-29-31-33-34-35-36-37-38-40-41-43-45-47-49-51-53-55-57-59-61-63-65-67-74(77)81-71-73(72-83-85(79,80)82-70-69-76)84-75(78)68-66-64-62-60-58-56-54-52-50-48-46-44-42-39-32-30-28-26-24-22-20-18-16-14-12-10-8-6-4-2/h5-8,11-14,17-20,23-26,30,32,42,44,48,50,54,56,60,62,73H,3-4,9-10,15-16,21-22,27-29,31,33-41,43,45-47,49,51-53,55,57-59,61,63-72,76H2,1-2H3,(H,79,80)/b7-5-,8-6-,13-11-,14-12-,19-17-,20-18-,25-23-,26-24-,32-30-,44-42-,50-48-,56-54-,62-60-. The Morgan fingerprint density at radius 1 is 0.353 bits per heavy atom. The van der Waals surface area contributed by atoms with Crippen LogP contribution in [0.3, 0.4) is 0 Å². The molecule has 482 valence electrons. The lowest BCUT2D eigenvalue weighted by molar-refractivity contribution is -0.161. The van der Waals surface area contributed by atoms with Crippen molar-refractivity contribution in [2.24, 2.45) is 5.73 Å². The van der Waals surface area contributed by atoms with Gasteiger partial charge in [0, 0.05) is 19.4 Å². The third kappa shape index (κ3) is 68.6. The van der Waals surface area contributed by atoms with Gasteiger partial charge in [-0.3, -0.25) is 18.6 Å². The van der Waals surface area contributed by atoms with Gasteiger partial charge in [0.1, 0.15) is 6.61 Å². The van der Waals surface area contributed by atoms with Crippen LogP contribution >= 0.6 is 7.82 Å². The highest BCUT2D eigenvalue weighted by molar-refractivity contribution is 7.47. The van der Waals surface area contributed by atoms with Crippen LogP contribution in [0.15, 0.2) is 158 Å². The average Bonchev–Trinajstić information content (AvgIpc) is 3.52. The Hall–Kier alpha value is -4.37. The first-order chi connectivity index (χ1) is 41.8. The predicted molar refractivity (Wildman–Crippen MR) is 366 cm³/mol. The van der Waals surface area contributed by atoms with Crippen molar-refractivity contribution in [3.63, 3.8) is 0 Å². The van der Waals surface area contributed by atoms with Crippen LogP contribution in [-0.2, 0) is 32.7 Å². The number of esters is 2. The molecule has 0 radical (unpaired) electrons. The molecule has 0 amide bonds. The Balaban J connectivity index is 3.98. The number of carbonyl (C=O) groups is 2. The highest BCUT2D eigenvalue weighted by Crippen LogP contribution is 2.43. The fourth-order valence-electron chi connectivity index (χ4n) is 8.98. The third-order valence-corrected chi connectivity index (χ3v) is 14.9. The first-order valence-corrected chi connectivity index (χ1v) is 35.5. The summed E-state index contributed by atoms with van der Waals surface area (Å²) in [6.45, 7) is 3.46. The fraction of sp³-hybridized carbons (Fsp3) is 0.627. The first-order valence-electron chi connectivity index (χ1n) is 34.0. The number of phosphoric ester groups is 1. The molecule has 0 bridgehead atoms. The monoisotopic (exact) mass is 1200 g/mol. The zero-order chi connectivity index (χ0) is 61.6. The van der Waals surface area contributed by atoms with Gasteiger partial charge in [0.25, 0.3) is 0 Å². The van der Waals surface area contributed by atoms with Crippen molar-refractivity contribution in [3.05, 3.63) is 158 Å². The van der Waals surface area contributed by atoms with Gasteiger partial charge < -0.3 is 20.1 Å². The number of rotatable bonds is 62. The van der Waals surface area contributed by atoms with Gasteiger partial charge in [-0.2, -0.15) is 0 Å². The highest BCUT2D eigenvalue weighted by atomic mass is 31.2. The number of unbranched alkanes of at least 4 members (excludes halogenated alkanes) is 23. The van der Waals surface area contributed by atoms with E-state index in [1.165, 1.54) is 128 Å². The number of allylic oxidation sites excluding steroid dienone is 26. The average molecular weight is 1200 g/mol. The topological polar surface area (TPSA) is 134 Å². The second-order valence-corrected chi connectivity index (χ2v) is 23.4. The maximum absolute atomic E-state index is 12.7. The van der Waals surface area contributed by atoms with E-state index in [0.29, 0.717) is 12.8 Å². The lowest BCUT2D eigenvalue weighted by Gasteiger charge is -2.19. The maximum atomic E-state index is 12.7. The van der Waals surface area contributed by atoms with E-state index in [9.17, 15) is 19.0 Å². The molecule has 9 nitrogen and oxygen atoms in total. The summed E-state index contributed by atoms with van der Waals surface area (Å²) < 4.78 is 33.1. The van der Waals surface area contributed by atoms with Gasteiger partial charge >= 0.3 is 19.8 Å². The summed E-state index contributed by atoms with van der Waals surface area (Å²) in [4.78, 5) is 35.3. The summed E-state index contributed by atoms with van der Waals surface area (Å²) in [6, 6.07) is 0. The lowest BCUT2D eigenvalue weighted by atomic mass is 10.0. The summed E-state index contributed by atoms with van der Waals surface area (Å²) in [7, 11) is -4.42. The summed E-state index contributed by atoms with van der Waals surface area (Å²) in [5, 5.41) is 0. The number of hydrogen-bond acceptors (Lipinski definition) is 8. The molecule has 0 aromatic carbocycles. The van der Waals surface area contributed by atoms with Crippen molar-refractivity contribution < 1.29 is 37.6 Å². The van der Waals surface area contributed by atoms with Crippen molar-refractivity contribution in [2.75, 3.05) is 26.4 Å². The molecule has 0 aliphatic rings. The lowest BCUT2D eigenvalue weighted by Crippen LogP contribution is -2.29. The van der Waals surface area contributed by atoms with Crippen molar-refractivity contribution in [2.45, 2.75) is 277 Å². The Morgan fingerprint density at radius 3 is 0.941 bits per heavy atom. The predicted octanol–water partition coefficient (Wildman–Crippen LogP) is 22.4. The van der Waals surface area contributed by atoms with Crippen molar-refractivity contribution >= 4 is 19.8 Å². The van der Waals surface area contributed by atoms with Crippen LogP contribution < -0.4 is 5.73 Å². The second-order valence-electron chi connectivity index (χ2n) is 21.9. The molecule has 2 unspecified atom stereocenters. The molecule has 0 saturated heterocycles. The van der Waals surface area contributed by atoms with Gasteiger partial charge in [-0.15, -0.1) is 0 Å². The molecule has 0 saturated carbocycles. The molecule has 2 atom stereocenters. The summed E-state index contributed by atoms with van der Waals surface area (Å²) in [5.41, 5.74) is 5.39. The normalized spacial score (nSPS) is 14.0. The van der Waals surface area contributed by atoms with Crippen molar-refractivity contribution in [1.29, 1.82) is 0 Å². The van der Waals surface area contributed by atoms with Crippen LogP contribution in [0.5, 0.6) is 0 Å². The number of carbonyl (C=O) groups excluding carboxylic acids is 2. The zero-order valence-electron chi connectivity index (χ0n) is 54.0. The highest BCUT2D eigenvalue weighted by Gasteiger charge is 2.26. The number of ether oxygens (including phenoxy) is 2. The van der Waals surface area contributed by atoms with Gasteiger partial charge in [0.05, 0.1) is 13.2 Å². The number of nitrogens with two attached hydrogens (primary N) is 1. The maximum Gasteiger partial charge on any atom is 0.472 e. The molecule has 0 heterocycles. The molecular weight excluding hydrogens is 1070 g/mol. The molecule has 0 aromatic rings. The first kappa shape index (κ1) is 80.6. The third-order valence-electron chi connectivity index (χ3n) is 13.9. The smallest absolute Gasteiger partial charge is 0.462 e. The fourth-order valence-corrected chi connectivity index (χ4v) is 9.75. The van der Waals surface area contributed by atoms with E-state index >= 15 is 0 Å². The molecule has 0 aliphatic carbocycles. The molecule has 85 heavy (non-hydrogen) atoms. The van der Waals surface area contributed by atoms with E-state index in [1.807, 2.05) is 6.08 Å². The van der Waals surface area contributed by atoms with Gasteiger partial charge in [0.15, 0.2) is 6.10 Å². The van der Waals surface area contributed by atoms with E-state index in [4.69, 9.17) is 24.3 Å². The van der Waals surface area contributed by atoms with E-state index in [0.717, 1.165) is 103 Å². The van der Waals surface area contributed by atoms with E-state index in [-0.39, 0.29) is 32.6 Å². The quantitative estimate of drug-likeness (QED) is 0.0264. The van der Waals surface area contributed by atoms with Crippen LogP contribution in [0.25, 0.3) is 0 Å². The van der Waals surface area contributed by atoms with E-state index < -0.39 is 32.5 Å². The summed E-state index contributed by atoms with van der Waals surface area (Å²) >= 11 is 0. The molecule has 0 rings (SSSR count). The zero-order valence-corrected chi connectivity index (χ0v) is 54.9. The number of hydrogen-bond donors (Lipinski definition) is 2. The van der Waals surface area contributed by atoms with E-state index in [1.54, 1.807) is 0 Å². The van der Waals surface area contributed by atoms with Crippen molar-refractivity contribution in [1.82, 2.24) is 0 Å². The van der Waals surface area contributed by atoms with Crippen molar-refractivity contribution in [3.8, 4) is 0 Å². The number of phosphoric acid groups is 1. The van der Waals surface area contributed by atoms with Crippen LogP contribution in [0, 0.1) is 0 Å². The Labute approximate surface area is 521 Å².